The smallest absolute Gasteiger partial charge is 0.0500 e. The maximum absolute atomic E-state index is 6.50. The van der Waals surface area contributed by atoms with E-state index in [-0.39, 0.29) is 0 Å². The van der Waals surface area contributed by atoms with Crippen LogP contribution in [0.1, 0.15) is 26.2 Å². The van der Waals surface area contributed by atoms with Crippen molar-refractivity contribution in [3.8, 4) is 0 Å². The van der Waals surface area contributed by atoms with E-state index in [1.807, 2.05) is 42.7 Å². The molecule has 118 valence electrons. The molecule has 0 spiro atoms. The number of rotatable bonds is 4. The first-order chi connectivity index (χ1) is 11.2. The summed E-state index contributed by atoms with van der Waals surface area (Å²) in [6.07, 6.45) is 13.2. The Morgan fingerprint density at radius 2 is 2.04 bits per heavy atom. The molecule has 2 nitrogen and oxygen atoms in total. The first-order valence-corrected chi connectivity index (χ1v) is 8.41. The summed E-state index contributed by atoms with van der Waals surface area (Å²) in [7, 11) is 0. The molecule has 1 atom stereocenters. The summed E-state index contributed by atoms with van der Waals surface area (Å²) in [6, 6.07) is 10.1. The molecule has 23 heavy (non-hydrogen) atoms. The minimum Gasteiger partial charge on any atom is -0.361 e. The Labute approximate surface area is 143 Å². The number of anilines is 1. The molecular formula is C20H21ClN2. The summed E-state index contributed by atoms with van der Waals surface area (Å²) in [4.78, 5) is 4.61. The number of halogens is 1. The molecule has 2 aliphatic rings. The average molecular weight is 325 g/mol. The van der Waals surface area contributed by atoms with E-state index in [0.29, 0.717) is 5.92 Å². The lowest BCUT2D eigenvalue weighted by atomic mass is 10.0. The van der Waals surface area contributed by atoms with Crippen molar-refractivity contribution in [1.29, 1.82) is 0 Å². The topological polar surface area (TPSA) is 24.4 Å². The number of para-hydroxylation sites is 1. The molecule has 1 N–H and O–H groups in total. The molecule has 3 rings (SSSR count). The Morgan fingerprint density at radius 3 is 2.83 bits per heavy atom. The summed E-state index contributed by atoms with van der Waals surface area (Å²) in [5.41, 5.74) is 4.45. The van der Waals surface area contributed by atoms with Crippen LogP contribution < -0.4 is 5.32 Å². The zero-order chi connectivity index (χ0) is 16.1. The Bertz CT molecular complexity index is 708. The van der Waals surface area contributed by atoms with E-state index in [4.69, 9.17) is 11.6 Å². The van der Waals surface area contributed by atoms with Gasteiger partial charge in [-0.05, 0) is 54.5 Å². The Kier molecular flexibility index (Phi) is 5.14. The fraction of sp³-hybridized carbons (Fsp3) is 0.250. The van der Waals surface area contributed by atoms with Crippen LogP contribution in [-0.4, -0.2) is 6.21 Å². The minimum atomic E-state index is 0.561. The van der Waals surface area contributed by atoms with Crippen LogP contribution in [0.4, 0.5) is 5.69 Å². The molecule has 1 unspecified atom stereocenters. The second kappa shape index (κ2) is 7.47. The van der Waals surface area contributed by atoms with Crippen LogP contribution >= 0.6 is 11.6 Å². The van der Waals surface area contributed by atoms with Crippen molar-refractivity contribution in [2.24, 2.45) is 10.9 Å². The van der Waals surface area contributed by atoms with E-state index in [2.05, 4.69) is 35.5 Å². The predicted octanol–water partition coefficient (Wildman–Crippen LogP) is 5.82. The van der Waals surface area contributed by atoms with Gasteiger partial charge in [0.05, 0.1) is 0 Å². The van der Waals surface area contributed by atoms with Crippen molar-refractivity contribution in [1.82, 2.24) is 0 Å². The van der Waals surface area contributed by atoms with Crippen molar-refractivity contribution in [2.75, 3.05) is 5.32 Å². The van der Waals surface area contributed by atoms with Gasteiger partial charge in [-0.15, -0.1) is 0 Å². The highest BCUT2D eigenvalue weighted by atomic mass is 35.5. The normalized spacial score (nSPS) is 23.0. The maximum atomic E-state index is 6.50. The van der Waals surface area contributed by atoms with E-state index >= 15 is 0 Å². The van der Waals surface area contributed by atoms with Gasteiger partial charge in [0.2, 0.25) is 0 Å². The highest BCUT2D eigenvalue weighted by molar-refractivity contribution is 6.34. The number of nitrogens with one attached hydrogen (secondary N) is 1. The zero-order valence-electron chi connectivity index (χ0n) is 13.3. The number of hydrogen-bond donors (Lipinski definition) is 1. The highest BCUT2D eigenvalue weighted by Gasteiger charge is 2.17. The molecule has 0 amide bonds. The second-order valence-corrected chi connectivity index (χ2v) is 6.38. The number of nitrogens with zero attached hydrogens (tertiary/aromatic N) is 1. The highest BCUT2D eigenvalue weighted by Crippen LogP contribution is 2.33. The van der Waals surface area contributed by atoms with Gasteiger partial charge < -0.3 is 5.32 Å². The lowest BCUT2D eigenvalue weighted by molar-refractivity contribution is 0.702. The lowest BCUT2D eigenvalue weighted by Gasteiger charge is -2.10. The Hall–Kier alpha value is -2.06. The van der Waals surface area contributed by atoms with Crippen molar-refractivity contribution in [2.45, 2.75) is 26.2 Å². The monoisotopic (exact) mass is 324 g/mol. The van der Waals surface area contributed by atoms with Gasteiger partial charge in [-0.25, -0.2) is 0 Å². The molecule has 0 radical (unpaired) electrons. The third-order valence-electron chi connectivity index (χ3n) is 4.06. The van der Waals surface area contributed by atoms with Gasteiger partial charge in [-0.1, -0.05) is 48.9 Å². The van der Waals surface area contributed by atoms with Gasteiger partial charge in [0.15, 0.2) is 0 Å². The number of benzene rings is 1. The van der Waals surface area contributed by atoms with Crippen molar-refractivity contribution in [3.63, 3.8) is 0 Å². The standard InChI is InChI=1S/C20H21ClN2/c1-15-6-5-9-19(12-15)23-14-17-11-10-16(20(17)21)13-22-18-7-3-2-4-8-18/h2-9,13-15,22H,10-12H2,1H3/b16-13+,23-14+. The maximum Gasteiger partial charge on any atom is 0.0500 e. The van der Waals surface area contributed by atoms with Gasteiger partial charge >= 0.3 is 0 Å². The first-order valence-electron chi connectivity index (χ1n) is 8.03. The largest absolute Gasteiger partial charge is 0.361 e. The van der Waals surface area contributed by atoms with E-state index in [0.717, 1.165) is 46.8 Å². The molecule has 1 aromatic rings. The van der Waals surface area contributed by atoms with Crippen LogP contribution in [-0.2, 0) is 0 Å². The summed E-state index contributed by atoms with van der Waals surface area (Å²) >= 11 is 6.50. The lowest BCUT2D eigenvalue weighted by Crippen LogP contribution is -1.96. The molecule has 3 heteroatoms. The molecule has 0 bridgehead atoms. The van der Waals surface area contributed by atoms with Crippen molar-refractivity contribution in [3.05, 3.63) is 76.6 Å². The summed E-state index contributed by atoms with van der Waals surface area (Å²) in [6.45, 7) is 2.21. The number of allylic oxidation sites excluding steroid dienone is 7. The SMILES string of the molecule is CC1C=CC=C(/N=C/C2=C(Cl)C(=C/Nc3ccccc3)/CC2)C1. The van der Waals surface area contributed by atoms with Crippen LogP contribution in [0.2, 0.25) is 0 Å². The van der Waals surface area contributed by atoms with E-state index < -0.39 is 0 Å². The number of aliphatic imine (C=N–C) groups is 1. The molecular weight excluding hydrogens is 304 g/mol. The van der Waals surface area contributed by atoms with Gasteiger partial charge in [-0.2, -0.15) is 0 Å². The molecule has 0 saturated heterocycles. The van der Waals surface area contributed by atoms with E-state index in [9.17, 15) is 0 Å². The fourth-order valence-corrected chi connectivity index (χ4v) is 3.03. The van der Waals surface area contributed by atoms with Gasteiger partial charge in [0.1, 0.15) is 0 Å². The predicted molar refractivity (Wildman–Crippen MR) is 99.8 cm³/mol. The van der Waals surface area contributed by atoms with Crippen LogP contribution in [0.5, 0.6) is 0 Å². The second-order valence-electron chi connectivity index (χ2n) is 6.00. The molecule has 0 fully saturated rings. The van der Waals surface area contributed by atoms with Crippen LogP contribution in [0, 0.1) is 5.92 Å². The molecule has 1 aromatic carbocycles. The molecule has 0 saturated carbocycles. The van der Waals surface area contributed by atoms with Crippen LogP contribution in [0.25, 0.3) is 0 Å². The summed E-state index contributed by atoms with van der Waals surface area (Å²) in [5, 5.41) is 4.13. The Balaban J connectivity index is 1.68. The third kappa shape index (κ3) is 4.23. The summed E-state index contributed by atoms with van der Waals surface area (Å²) < 4.78 is 0. The summed E-state index contributed by atoms with van der Waals surface area (Å²) in [5.74, 6) is 0.561. The van der Waals surface area contributed by atoms with Gasteiger partial charge in [0, 0.05) is 28.8 Å². The number of hydrogen-bond acceptors (Lipinski definition) is 2. The average Bonchev–Trinajstić information content (AvgIpc) is 2.92. The quantitative estimate of drug-likeness (QED) is 0.693. The Morgan fingerprint density at radius 1 is 1.22 bits per heavy atom. The molecule has 0 aromatic heterocycles. The van der Waals surface area contributed by atoms with Crippen molar-refractivity contribution >= 4 is 23.5 Å². The van der Waals surface area contributed by atoms with E-state index in [1.165, 1.54) is 0 Å². The van der Waals surface area contributed by atoms with Crippen molar-refractivity contribution < 1.29 is 0 Å². The molecule has 0 heterocycles. The van der Waals surface area contributed by atoms with Crippen LogP contribution in [0.15, 0.2) is 81.6 Å². The molecule has 0 aliphatic heterocycles. The third-order valence-corrected chi connectivity index (χ3v) is 4.55. The van der Waals surface area contributed by atoms with Gasteiger partial charge in [-0.3, -0.25) is 4.99 Å². The zero-order valence-corrected chi connectivity index (χ0v) is 14.1. The fourth-order valence-electron chi connectivity index (χ4n) is 2.74. The molecule has 2 aliphatic carbocycles. The van der Waals surface area contributed by atoms with Gasteiger partial charge in [0.25, 0.3) is 0 Å². The minimum absolute atomic E-state index is 0.561. The van der Waals surface area contributed by atoms with E-state index in [1.54, 1.807) is 0 Å². The first kappa shape index (κ1) is 15.8. The van der Waals surface area contributed by atoms with Crippen LogP contribution in [0.3, 0.4) is 0 Å².